The molecule has 2 N–H and O–H groups in total. The Bertz CT molecular complexity index is 421. The molecule has 0 saturated carbocycles. The van der Waals surface area contributed by atoms with Crippen molar-refractivity contribution in [2.45, 2.75) is 12.7 Å². The molecular formula is C9H6ClF3N2. The number of benzene rings is 1. The van der Waals surface area contributed by atoms with Crippen LogP contribution in [-0.2, 0) is 12.7 Å². The lowest BCUT2D eigenvalue weighted by Crippen LogP contribution is -2.08. The molecule has 0 aliphatic carbocycles. The first-order valence-electron chi connectivity index (χ1n) is 3.90. The van der Waals surface area contributed by atoms with Crippen molar-refractivity contribution in [3.63, 3.8) is 0 Å². The second-order valence-electron chi connectivity index (χ2n) is 2.80. The van der Waals surface area contributed by atoms with Gasteiger partial charge in [0.15, 0.2) is 0 Å². The average Bonchev–Trinajstić information content (AvgIpc) is 2.15. The summed E-state index contributed by atoms with van der Waals surface area (Å²) in [5.41, 5.74) is 4.41. The first-order chi connectivity index (χ1) is 6.90. The van der Waals surface area contributed by atoms with Gasteiger partial charge in [-0.1, -0.05) is 11.6 Å². The highest BCUT2D eigenvalue weighted by Gasteiger charge is 2.31. The van der Waals surface area contributed by atoms with Gasteiger partial charge in [0.1, 0.15) is 0 Å². The zero-order valence-corrected chi connectivity index (χ0v) is 8.15. The van der Waals surface area contributed by atoms with Gasteiger partial charge in [-0.05, 0) is 12.1 Å². The van der Waals surface area contributed by atoms with Gasteiger partial charge in [-0.15, -0.1) is 0 Å². The quantitative estimate of drug-likeness (QED) is 0.812. The lowest BCUT2D eigenvalue weighted by Gasteiger charge is -2.10. The van der Waals surface area contributed by atoms with Crippen LogP contribution in [0.25, 0.3) is 0 Å². The fourth-order valence-electron chi connectivity index (χ4n) is 1.11. The second kappa shape index (κ2) is 4.09. The molecule has 0 atom stereocenters. The SMILES string of the molecule is N#Cc1cc(C(F)(F)F)cc(Cl)c1CN. The fourth-order valence-corrected chi connectivity index (χ4v) is 1.40. The van der Waals surface area contributed by atoms with Gasteiger partial charge in [-0.2, -0.15) is 18.4 Å². The molecule has 0 heterocycles. The van der Waals surface area contributed by atoms with Crippen molar-refractivity contribution in [1.82, 2.24) is 0 Å². The third-order valence-corrected chi connectivity index (χ3v) is 2.18. The lowest BCUT2D eigenvalue weighted by molar-refractivity contribution is -0.137. The van der Waals surface area contributed by atoms with Crippen LogP contribution in [0.15, 0.2) is 12.1 Å². The number of nitriles is 1. The number of halogens is 4. The van der Waals surface area contributed by atoms with Crippen molar-refractivity contribution in [3.05, 3.63) is 33.8 Å². The van der Waals surface area contributed by atoms with E-state index in [1.807, 2.05) is 0 Å². The monoisotopic (exact) mass is 234 g/mol. The molecule has 1 aromatic rings. The Morgan fingerprint density at radius 2 is 2.00 bits per heavy atom. The number of nitrogens with two attached hydrogens (primary N) is 1. The van der Waals surface area contributed by atoms with Crippen LogP contribution in [0.1, 0.15) is 16.7 Å². The Balaban J connectivity index is 3.41. The van der Waals surface area contributed by atoms with E-state index in [0.29, 0.717) is 0 Å². The Hall–Kier alpha value is -1.25. The number of nitrogens with zero attached hydrogens (tertiary/aromatic N) is 1. The molecule has 0 spiro atoms. The van der Waals surface area contributed by atoms with Gasteiger partial charge in [0, 0.05) is 17.1 Å². The van der Waals surface area contributed by atoms with Gasteiger partial charge in [-0.25, -0.2) is 0 Å². The lowest BCUT2D eigenvalue weighted by atomic mass is 10.0. The van der Waals surface area contributed by atoms with E-state index in [-0.39, 0.29) is 22.7 Å². The van der Waals surface area contributed by atoms with Crippen molar-refractivity contribution in [2.75, 3.05) is 0 Å². The number of hydrogen-bond donors (Lipinski definition) is 1. The van der Waals surface area contributed by atoms with Crippen molar-refractivity contribution >= 4 is 11.6 Å². The highest BCUT2D eigenvalue weighted by molar-refractivity contribution is 6.31. The van der Waals surface area contributed by atoms with E-state index >= 15 is 0 Å². The summed E-state index contributed by atoms with van der Waals surface area (Å²) in [6.07, 6.45) is -4.51. The van der Waals surface area contributed by atoms with Crippen LogP contribution >= 0.6 is 11.6 Å². The maximum absolute atomic E-state index is 12.3. The van der Waals surface area contributed by atoms with Crippen LogP contribution in [-0.4, -0.2) is 0 Å². The van der Waals surface area contributed by atoms with Gasteiger partial charge in [-0.3, -0.25) is 0 Å². The zero-order valence-electron chi connectivity index (χ0n) is 7.40. The molecule has 0 aliphatic heterocycles. The van der Waals surface area contributed by atoms with E-state index in [9.17, 15) is 13.2 Å². The molecule has 1 aromatic carbocycles. The third-order valence-electron chi connectivity index (χ3n) is 1.85. The van der Waals surface area contributed by atoms with Gasteiger partial charge >= 0.3 is 6.18 Å². The Kier molecular flexibility index (Phi) is 3.22. The smallest absolute Gasteiger partial charge is 0.326 e. The maximum Gasteiger partial charge on any atom is 0.416 e. The van der Waals surface area contributed by atoms with Crippen LogP contribution in [0.5, 0.6) is 0 Å². The van der Waals surface area contributed by atoms with E-state index in [4.69, 9.17) is 22.6 Å². The standard InChI is InChI=1S/C9H6ClF3N2/c10-8-2-6(9(11,12)13)1-5(3-14)7(8)4-15/h1-2H,4,15H2. The number of rotatable bonds is 1. The van der Waals surface area contributed by atoms with E-state index in [2.05, 4.69) is 0 Å². The molecule has 0 bridgehead atoms. The van der Waals surface area contributed by atoms with Gasteiger partial charge < -0.3 is 5.73 Å². The number of alkyl halides is 3. The molecule has 0 saturated heterocycles. The van der Waals surface area contributed by atoms with Crippen molar-refractivity contribution in [2.24, 2.45) is 5.73 Å². The van der Waals surface area contributed by atoms with E-state index < -0.39 is 11.7 Å². The maximum atomic E-state index is 12.3. The Morgan fingerprint density at radius 1 is 1.40 bits per heavy atom. The molecular weight excluding hydrogens is 229 g/mol. The minimum absolute atomic E-state index is 0.0696. The third kappa shape index (κ3) is 2.41. The molecule has 0 unspecified atom stereocenters. The molecule has 80 valence electrons. The van der Waals surface area contributed by atoms with Crippen molar-refractivity contribution in [1.29, 1.82) is 5.26 Å². The zero-order chi connectivity index (χ0) is 11.6. The van der Waals surface area contributed by atoms with E-state index in [0.717, 1.165) is 12.1 Å². The predicted molar refractivity (Wildman–Crippen MR) is 49.1 cm³/mol. The summed E-state index contributed by atoms with van der Waals surface area (Å²) in [6.45, 7) is -0.0696. The summed E-state index contributed by atoms with van der Waals surface area (Å²) in [7, 11) is 0. The highest BCUT2D eigenvalue weighted by Crippen LogP contribution is 2.33. The predicted octanol–water partition coefficient (Wildman–Crippen LogP) is 2.69. The largest absolute Gasteiger partial charge is 0.416 e. The summed E-state index contributed by atoms with van der Waals surface area (Å²) in [4.78, 5) is 0. The molecule has 0 fully saturated rings. The molecule has 15 heavy (non-hydrogen) atoms. The van der Waals surface area contributed by atoms with Crippen LogP contribution in [0.4, 0.5) is 13.2 Å². The molecule has 0 amide bonds. The summed E-state index contributed by atoms with van der Waals surface area (Å²) in [5.74, 6) is 0. The van der Waals surface area contributed by atoms with E-state index in [1.54, 1.807) is 6.07 Å². The Labute approximate surface area is 89.1 Å². The summed E-state index contributed by atoms with van der Waals surface area (Å²) >= 11 is 5.59. The second-order valence-corrected chi connectivity index (χ2v) is 3.21. The topological polar surface area (TPSA) is 49.8 Å². The first kappa shape index (κ1) is 11.8. The minimum atomic E-state index is -4.51. The Morgan fingerprint density at radius 3 is 2.40 bits per heavy atom. The first-order valence-corrected chi connectivity index (χ1v) is 4.27. The van der Waals surface area contributed by atoms with Crippen LogP contribution < -0.4 is 5.73 Å². The van der Waals surface area contributed by atoms with E-state index in [1.165, 1.54) is 0 Å². The van der Waals surface area contributed by atoms with Crippen molar-refractivity contribution in [3.8, 4) is 6.07 Å². The summed E-state index contributed by atoms with van der Waals surface area (Å²) < 4.78 is 37.0. The van der Waals surface area contributed by atoms with Crippen molar-refractivity contribution < 1.29 is 13.2 Å². The van der Waals surface area contributed by atoms with Gasteiger partial charge in [0.2, 0.25) is 0 Å². The average molecular weight is 235 g/mol. The van der Waals surface area contributed by atoms with Gasteiger partial charge in [0.25, 0.3) is 0 Å². The van der Waals surface area contributed by atoms with Crippen LogP contribution in [0, 0.1) is 11.3 Å². The highest BCUT2D eigenvalue weighted by atomic mass is 35.5. The minimum Gasteiger partial charge on any atom is -0.326 e. The normalized spacial score (nSPS) is 11.2. The molecule has 1 rings (SSSR count). The molecule has 0 aliphatic rings. The molecule has 2 nitrogen and oxygen atoms in total. The van der Waals surface area contributed by atoms with Gasteiger partial charge in [0.05, 0.1) is 17.2 Å². The molecule has 6 heteroatoms. The number of hydrogen-bond acceptors (Lipinski definition) is 2. The van der Waals surface area contributed by atoms with Crippen LogP contribution in [0.3, 0.4) is 0 Å². The summed E-state index contributed by atoms with van der Waals surface area (Å²) in [5, 5.41) is 8.50. The summed E-state index contributed by atoms with van der Waals surface area (Å²) in [6, 6.07) is 3.15. The fraction of sp³-hybridized carbons (Fsp3) is 0.222. The molecule has 0 radical (unpaired) electrons. The van der Waals surface area contributed by atoms with Crippen LogP contribution in [0.2, 0.25) is 5.02 Å². The molecule has 0 aromatic heterocycles.